The monoisotopic (exact) mass is 231 g/mol. The largest absolute Gasteiger partial charge is 0.508 e. The lowest BCUT2D eigenvalue weighted by molar-refractivity contribution is 0.0953. The first kappa shape index (κ1) is 13.1. The molecule has 1 amide bonds. The molecule has 0 heterocycles. The Hall–Kier alpha value is -1.95. The number of nitrogens with one attached hydrogen (secondary N) is 1. The number of phenolic OH excluding ortho intramolecular Hbond substituents is 1. The normalized spacial score (nSPS) is 9.59. The van der Waals surface area contributed by atoms with E-state index >= 15 is 0 Å². The van der Waals surface area contributed by atoms with Gasteiger partial charge in [0.05, 0.1) is 0 Å². The number of hydrogen-bond donors (Lipinski definition) is 2. The summed E-state index contributed by atoms with van der Waals surface area (Å²) in [4.78, 5) is 11.6. The van der Waals surface area contributed by atoms with Gasteiger partial charge in [0.1, 0.15) is 5.75 Å². The first-order valence-electron chi connectivity index (χ1n) is 5.74. The molecule has 17 heavy (non-hydrogen) atoms. The average molecular weight is 231 g/mol. The highest BCUT2D eigenvalue weighted by molar-refractivity contribution is 5.94. The minimum atomic E-state index is -0.109. The van der Waals surface area contributed by atoms with Crippen molar-refractivity contribution in [3.05, 3.63) is 29.8 Å². The number of carbonyl (C=O) groups excluding carboxylic acids is 1. The third-order valence-corrected chi connectivity index (χ3v) is 2.41. The van der Waals surface area contributed by atoms with Gasteiger partial charge in [0, 0.05) is 18.5 Å². The van der Waals surface area contributed by atoms with Crippen LogP contribution in [-0.2, 0) is 0 Å². The molecule has 0 unspecified atom stereocenters. The topological polar surface area (TPSA) is 49.3 Å². The van der Waals surface area contributed by atoms with Gasteiger partial charge in [-0.25, -0.2) is 0 Å². The first-order valence-corrected chi connectivity index (χ1v) is 5.74. The molecule has 0 spiro atoms. The minimum Gasteiger partial charge on any atom is -0.508 e. The third-order valence-electron chi connectivity index (χ3n) is 2.41. The highest BCUT2D eigenvalue weighted by atomic mass is 16.3. The molecule has 3 nitrogen and oxygen atoms in total. The van der Waals surface area contributed by atoms with Crippen LogP contribution >= 0.6 is 0 Å². The second-order valence-corrected chi connectivity index (χ2v) is 3.82. The van der Waals surface area contributed by atoms with Gasteiger partial charge in [-0.2, -0.15) is 0 Å². The zero-order valence-electron chi connectivity index (χ0n) is 9.78. The van der Waals surface area contributed by atoms with Crippen LogP contribution in [0.1, 0.15) is 36.0 Å². The van der Waals surface area contributed by atoms with Gasteiger partial charge in [-0.15, -0.1) is 12.3 Å². The molecule has 1 aromatic rings. The van der Waals surface area contributed by atoms with Crippen LogP contribution in [0.2, 0.25) is 0 Å². The van der Waals surface area contributed by atoms with Crippen molar-refractivity contribution in [2.45, 2.75) is 25.7 Å². The Kier molecular flexibility index (Phi) is 5.67. The molecule has 0 bridgehead atoms. The van der Waals surface area contributed by atoms with Crippen molar-refractivity contribution in [3.63, 3.8) is 0 Å². The van der Waals surface area contributed by atoms with Crippen LogP contribution in [0.5, 0.6) is 5.75 Å². The fraction of sp³-hybridized carbons (Fsp3) is 0.357. The van der Waals surface area contributed by atoms with Gasteiger partial charge in [-0.05, 0) is 37.1 Å². The standard InChI is InChI=1S/C14H17NO2/c1-2-3-4-5-6-11-15-14(17)12-7-9-13(16)10-8-12/h1,7-10,16H,3-6,11H2,(H,15,17). The molecular formula is C14H17NO2. The Bertz CT molecular complexity index is 390. The van der Waals surface area contributed by atoms with E-state index in [1.165, 1.54) is 12.1 Å². The average Bonchev–Trinajstić information content (AvgIpc) is 2.34. The Morgan fingerprint density at radius 2 is 1.94 bits per heavy atom. The number of phenols is 1. The van der Waals surface area contributed by atoms with E-state index in [1.807, 2.05) is 0 Å². The second kappa shape index (κ2) is 7.34. The lowest BCUT2D eigenvalue weighted by Crippen LogP contribution is -2.24. The van der Waals surface area contributed by atoms with Crippen molar-refractivity contribution in [2.24, 2.45) is 0 Å². The van der Waals surface area contributed by atoms with Gasteiger partial charge in [-0.3, -0.25) is 4.79 Å². The van der Waals surface area contributed by atoms with E-state index < -0.39 is 0 Å². The molecule has 0 atom stereocenters. The van der Waals surface area contributed by atoms with Crippen LogP contribution in [0, 0.1) is 12.3 Å². The number of aromatic hydroxyl groups is 1. The minimum absolute atomic E-state index is 0.109. The summed E-state index contributed by atoms with van der Waals surface area (Å²) in [5.41, 5.74) is 0.562. The van der Waals surface area contributed by atoms with Crippen LogP contribution in [-0.4, -0.2) is 17.6 Å². The van der Waals surface area contributed by atoms with E-state index in [-0.39, 0.29) is 11.7 Å². The number of rotatable bonds is 6. The van der Waals surface area contributed by atoms with Crippen LogP contribution < -0.4 is 5.32 Å². The molecule has 90 valence electrons. The lowest BCUT2D eigenvalue weighted by atomic mass is 10.2. The number of unbranched alkanes of at least 4 members (excludes halogenated alkanes) is 3. The zero-order valence-corrected chi connectivity index (χ0v) is 9.78. The molecule has 1 aromatic carbocycles. The molecule has 0 aliphatic carbocycles. The molecule has 0 fully saturated rings. The first-order chi connectivity index (χ1) is 8.24. The number of hydrogen-bond acceptors (Lipinski definition) is 2. The highest BCUT2D eigenvalue weighted by Crippen LogP contribution is 2.09. The Labute approximate surface area is 102 Å². The zero-order chi connectivity index (χ0) is 12.5. The molecular weight excluding hydrogens is 214 g/mol. The molecule has 0 saturated carbocycles. The van der Waals surface area contributed by atoms with Crippen molar-refractivity contribution >= 4 is 5.91 Å². The molecule has 1 rings (SSSR count). The Morgan fingerprint density at radius 1 is 1.24 bits per heavy atom. The van der Waals surface area contributed by atoms with Crippen LogP contribution in [0.15, 0.2) is 24.3 Å². The maximum atomic E-state index is 11.6. The Morgan fingerprint density at radius 3 is 2.59 bits per heavy atom. The van der Waals surface area contributed by atoms with Crippen LogP contribution in [0.4, 0.5) is 0 Å². The summed E-state index contributed by atoms with van der Waals surface area (Å²) >= 11 is 0. The predicted octanol–water partition coefficient (Wildman–Crippen LogP) is 2.32. The maximum Gasteiger partial charge on any atom is 0.251 e. The summed E-state index contributed by atoms with van der Waals surface area (Å²) < 4.78 is 0. The summed E-state index contributed by atoms with van der Waals surface area (Å²) in [5.74, 6) is 2.64. The predicted molar refractivity (Wildman–Crippen MR) is 67.7 cm³/mol. The number of carbonyl (C=O) groups is 1. The quantitative estimate of drug-likeness (QED) is 0.583. The lowest BCUT2D eigenvalue weighted by Gasteiger charge is -2.04. The van der Waals surface area contributed by atoms with E-state index in [0.717, 1.165) is 25.7 Å². The van der Waals surface area contributed by atoms with Gasteiger partial charge in [0.2, 0.25) is 0 Å². The van der Waals surface area contributed by atoms with Gasteiger partial charge in [-0.1, -0.05) is 6.42 Å². The summed E-state index contributed by atoms with van der Waals surface area (Å²) in [5, 5.41) is 11.9. The van der Waals surface area contributed by atoms with E-state index in [0.29, 0.717) is 12.1 Å². The van der Waals surface area contributed by atoms with E-state index in [1.54, 1.807) is 12.1 Å². The summed E-state index contributed by atoms with van der Waals surface area (Å²) in [6, 6.07) is 6.20. The number of amides is 1. The second-order valence-electron chi connectivity index (χ2n) is 3.82. The van der Waals surface area contributed by atoms with Gasteiger partial charge in [0.25, 0.3) is 5.91 Å². The Balaban J connectivity index is 2.21. The summed E-state index contributed by atoms with van der Waals surface area (Å²) in [6.45, 7) is 0.657. The van der Waals surface area contributed by atoms with E-state index in [4.69, 9.17) is 11.5 Å². The van der Waals surface area contributed by atoms with Gasteiger partial charge in [0.15, 0.2) is 0 Å². The SMILES string of the molecule is C#CCCCCCNC(=O)c1ccc(O)cc1. The fourth-order valence-electron chi connectivity index (χ4n) is 1.45. The van der Waals surface area contributed by atoms with Gasteiger partial charge < -0.3 is 10.4 Å². The van der Waals surface area contributed by atoms with Crippen LogP contribution in [0.25, 0.3) is 0 Å². The molecule has 2 N–H and O–H groups in total. The van der Waals surface area contributed by atoms with E-state index in [9.17, 15) is 4.79 Å². The molecule has 3 heteroatoms. The molecule has 0 aliphatic heterocycles. The maximum absolute atomic E-state index is 11.6. The number of benzene rings is 1. The molecule has 0 aliphatic rings. The summed E-state index contributed by atoms with van der Waals surface area (Å²) in [7, 11) is 0. The van der Waals surface area contributed by atoms with Gasteiger partial charge >= 0.3 is 0 Å². The molecule has 0 radical (unpaired) electrons. The molecule has 0 aromatic heterocycles. The highest BCUT2D eigenvalue weighted by Gasteiger charge is 2.03. The van der Waals surface area contributed by atoms with E-state index in [2.05, 4.69) is 11.2 Å². The van der Waals surface area contributed by atoms with Crippen molar-refractivity contribution in [1.82, 2.24) is 5.32 Å². The van der Waals surface area contributed by atoms with Crippen LogP contribution in [0.3, 0.4) is 0 Å². The van der Waals surface area contributed by atoms with Crippen molar-refractivity contribution in [2.75, 3.05) is 6.54 Å². The smallest absolute Gasteiger partial charge is 0.251 e. The van der Waals surface area contributed by atoms with Crippen molar-refractivity contribution in [3.8, 4) is 18.1 Å². The third kappa shape index (κ3) is 5.07. The van der Waals surface area contributed by atoms with Crippen molar-refractivity contribution in [1.29, 1.82) is 0 Å². The molecule has 0 saturated heterocycles. The van der Waals surface area contributed by atoms with Crippen molar-refractivity contribution < 1.29 is 9.90 Å². The number of terminal acetylenes is 1. The summed E-state index contributed by atoms with van der Waals surface area (Å²) in [6.07, 6.45) is 8.91. The fourth-order valence-corrected chi connectivity index (χ4v) is 1.45.